The summed E-state index contributed by atoms with van der Waals surface area (Å²) in [6, 6.07) is 15.8. The van der Waals surface area contributed by atoms with Gasteiger partial charge in [0, 0.05) is 74.3 Å². The van der Waals surface area contributed by atoms with Crippen LogP contribution in [0.3, 0.4) is 0 Å². The molecule has 64 heavy (non-hydrogen) atoms. The summed E-state index contributed by atoms with van der Waals surface area (Å²) in [6.07, 6.45) is 4.91. The van der Waals surface area contributed by atoms with E-state index in [1.165, 1.54) is 37.6 Å². The molecule has 2 fully saturated rings. The number of Topliss-reactive ketones (excluding diaryl/α,β-unsaturated/α-hetero) is 3. The third-order valence-electron chi connectivity index (χ3n) is 13.2. The summed E-state index contributed by atoms with van der Waals surface area (Å²) in [4.78, 5) is 72.1. The molecule has 3 aromatic rings. The van der Waals surface area contributed by atoms with Crippen molar-refractivity contribution >= 4 is 29.2 Å². The Morgan fingerprint density at radius 3 is 2.25 bits per heavy atom. The predicted octanol–water partition coefficient (Wildman–Crippen LogP) is 5.40. The van der Waals surface area contributed by atoms with Crippen LogP contribution >= 0.6 is 0 Å². The van der Waals surface area contributed by atoms with Crippen LogP contribution in [-0.4, -0.2) is 86.6 Å². The normalized spacial score (nSPS) is 22.1. The molecule has 1 aliphatic heterocycles. The molecule has 2 amide bonds. The lowest BCUT2D eigenvalue weighted by Crippen LogP contribution is -2.46. The highest BCUT2D eigenvalue weighted by Gasteiger charge is 2.40. The molecule has 7 N–H and O–H groups in total. The Hall–Kier alpha value is -5.62. The van der Waals surface area contributed by atoms with Crippen LogP contribution in [0, 0.1) is 47.8 Å². The van der Waals surface area contributed by atoms with Gasteiger partial charge >= 0.3 is 0 Å². The fraction of sp³-hybridized carbons (Fsp3) is 0.520. The number of nitrogens with one attached hydrogen (secondary N) is 1. The Morgan fingerprint density at radius 1 is 0.891 bits per heavy atom. The molecule has 0 spiro atoms. The topological polar surface area (TPSA) is 230 Å². The van der Waals surface area contributed by atoms with Gasteiger partial charge in [0.2, 0.25) is 11.8 Å². The van der Waals surface area contributed by atoms with Crippen LogP contribution in [0.25, 0.3) is 11.1 Å². The monoisotopic (exact) mass is 876 g/mol. The third-order valence-corrected chi connectivity index (χ3v) is 13.2. The Morgan fingerprint density at radius 2 is 1.61 bits per heavy atom. The van der Waals surface area contributed by atoms with Crippen molar-refractivity contribution in [3.63, 3.8) is 0 Å². The first-order valence-electron chi connectivity index (χ1n) is 22.7. The number of rotatable bonds is 19. The summed E-state index contributed by atoms with van der Waals surface area (Å²) in [7, 11) is 1.53. The standard InChI is InChI=1S/C50H64N6O8/c1-30-21-38(64-29-37-24-32-6-8-34(37)23-32)10-11-39(30)44(58)28-36(14-16-52)50(61)56(3)48-35-9-13-47(63-20-18-54)41(27-35)40-25-33(7-12-46(40)62-19-17-53)26-42(43(57)5-4-15-51)55-49(60)31(2)22-45(48)59/h7,9-13,21,25,27,31-32,34,36-37,42,48H,4-6,8,14,16-20,22-24,26,28-29,52-54H2,1-3H3,(H,55,60)/t31-,32+,34-,36-,37?,42+,48+/m1/s1. The van der Waals surface area contributed by atoms with E-state index in [0.29, 0.717) is 57.6 Å². The number of ether oxygens (including phenoxy) is 3. The van der Waals surface area contributed by atoms with Crippen molar-refractivity contribution in [2.24, 2.45) is 46.8 Å². The number of nitriles is 1. The highest BCUT2D eigenvalue weighted by molar-refractivity contribution is 6.01. The molecule has 0 saturated heterocycles. The number of hydrogen-bond donors (Lipinski definition) is 4. The van der Waals surface area contributed by atoms with Gasteiger partial charge in [-0.25, -0.2) is 0 Å². The Labute approximate surface area is 376 Å². The zero-order valence-electron chi connectivity index (χ0n) is 37.4. The van der Waals surface area contributed by atoms with Gasteiger partial charge in [0.15, 0.2) is 17.3 Å². The predicted molar refractivity (Wildman–Crippen MR) is 242 cm³/mol. The van der Waals surface area contributed by atoms with Crippen molar-refractivity contribution in [2.45, 2.75) is 90.1 Å². The molecule has 1 heterocycles. The summed E-state index contributed by atoms with van der Waals surface area (Å²) in [5.41, 5.74) is 21.2. The Kier molecular flexibility index (Phi) is 16.7. The van der Waals surface area contributed by atoms with E-state index in [1.54, 1.807) is 43.3 Å². The first-order valence-corrected chi connectivity index (χ1v) is 22.7. The molecule has 6 rings (SSSR count). The minimum absolute atomic E-state index is 0.0222. The zero-order valence-corrected chi connectivity index (χ0v) is 37.4. The van der Waals surface area contributed by atoms with Gasteiger partial charge in [-0.2, -0.15) is 5.26 Å². The van der Waals surface area contributed by atoms with Crippen LogP contribution in [0.2, 0.25) is 0 Å². The van der Waals surface area contributed by atoms with E-state index in [-0.39, 0.29) is 82.9 Å². The maximum atomic E-state index is 14.7. The number of hydrogen-bond acceptors (Lipinski definition) is 12. The highest BCUT2D eigenvalue weighted by atomic mass is 16.5. The number of nitrogens with zero attached hydrogens (tertiary/aromatic N) is 2. The Balaban J connectivity index is 1.33. The molecule has 14 nitrogen and oxygen atoms in total. The number of fused-ring (bicyclic) bond motifs is 7. The fourth-order valence-corrected chi connectivity index (χ4v) is 9.80. The van der Waals surface area contributed by atoms with Gasteiger partial charge in [0.25, 0.3) is 0 Å². The number of carbonyl (C=O) groups is 5. The Bertz CT molecular complexity index is 2220. The molecule has 3 aliphatic rings. The SMILES string of the molecule is Cc1cc(OCC2C[C@H]3CC[C@@H]2C3)ccc1C(=O)C[C@@H](CCN)C(=O)N(C)[C@@H]1C(=O)C[C@@H](C)C(=O)N[C@H](C(=O)CCC#N)Cc2ccc(OCCN)c(c2)-c2cc1ccc2OCCN. The molecule has 342 valence electrons. The molecule has 0 aromatic heterocycles. The van der Waals surface area contributed by atoms with Gasteiger partial charge < -0.3 is 41.6 Å². The second-order valence-electron chi connectivity index (χ2n) is 17.8. The van der Waals surface area contributed by atoms with Gasteiger partial charge in [-0.3, -0.25) is 24.0 Å². The average molecular weight is 877 g/mol. The maximum absolute atomic E-state index is 14.7. The van der Waals surface area contributed by atoms with Gasteiger partial charge in [-0.15, -0.1) is 0 Å². The van der Waals surface area contributed by atoms with Crippen LogP contribution in [0.4, 0.5) is 0 Å². The largest absolute Gasteiger partial charge is 0.493 e. The third kappa shape index (κ3) is 11.5. The molecule has 7 atom stereocenters. The molecule has 6 bridgehead atoms. The maximum Gasteiger partial charge on any atom is 0.226 e. The molecule has 1 unspecified atom stereocenters. The minimum Gasteiger partial charge on any atom is -0.493 e. The lowest BCUT2D eigenvalue weighted by Gasteiger charge is -2.32. The second-order valence-corrected chi connectivity index (χ2v) is 17.8. The van der Waals surface area contributed by atoms with Crippen LogP contribution in [-0.2, 0) is 25.6 Å². The minimum atomic E-state index is -1.21. The van der Waals surface area contributed by atoms with E-state index in [0.717, 1.165) is 17.4 Å². The van der Waals surface area contributed by atoms with Crippen molar-refractivity contribution < 1.29 is 38.2 Å². The summed E-state index contributed by atoms with van der Waals surface area (Å²) in [5.74, 6) is -0.00145. The van der Waals surface area contributed by atoms with Crippen LogP contribution in [0.5, 0.6) is 17.2 Å². The van der Waals surface area contributed by atoms with Crippen LogP contribution in [0.15, 0.2) is 54.6 Å². The van der Waals surface area contributed by atoms with Crippen LogP contribution in [0.1, 0.15) is 97.8 Å². The first kappa shape index (κ1) is 47.8. The van der Waals surface area contributed by atoms with Crippen molar-refractivity contribution in [3.05, 3.63) is 76.9 Å². The average Bonchev–Trinajstić information content (AvgIpc) is 3.92. The van der Waals surface area contributed by atoms with E-state index in [2.05, 4.69) is 5.32 Å². The molecule has 2 saturated carbocycles. The number of benzene rings is 3. The smallest absolute Gasteiger partial charge is 0.226 e. The summed E-state index contributed by atoms with van der Waals surface area (Å²) in [5, 5.41) is 12.1. The van der Waals surface area contributed by atoms with Gasteiger partial charge in [0.1, 0.15) is 36.5 Å². The van der Waals surface area contributed by atoms with Gasteiger partial charge in [-0.05, 0) is 122 Å². The molecule has 3 aromatic carbocycles. The lowest BCUT2D eigenvalue weighted by molar-refractivity contribution is -0.142. The van der Waals surface area contributed by atoms with E-state index in [4.69, 9.17) is 31.4 Å². The molecule has 14 heteroatoms. The van der Waals surface area contributed by atoms with E-state index < -0.39 is 41.5 Å². The quantitative estimate of drug-likeness (QED) is 0.111. The second kappa shape index (κ2) is 22.3. The number of amides is 2. The van der Waals surface area contributed by atoms with E-state index in [9.17, 15) is 29.2 Å². The first-order chi connectivity index (χ1) is 30.8. The number of ketones is 3. The van der Waals surface area contributed by atoms with Crippen molar-refractivity contribution in [2.75, 3.05) is 46.5 Å². The van der Waals surface area contributed by atoms with Crippen molar-refractivity contribution in [1.29, 1.82) is 5.26 Å². The highest BCUT2D eigenvalue weighted by Crippen LogP contribution is 2.48. The van der Waals surface area contributed by atoms with Crippen LogP contribution < -0.4 is 36.7 Å². The van der Waals surface area contributed by atoms with Crippen molar-refractivity contribution in [1.82, 2.24) is 10.2 Å². The van der Waals surface area contributed by atoms with Gasteiger partial charge in [0.05, 0.1) is 18.7 Å². The number of aryl methyl sites for hydroxylation is 1. The summed E-state index contributed by atoms with van der Waals surface area (Å²) in [6.45, 7) is 5.06. The number of carbonyl (C=O) groups excluding carboxylic acids is 5. The molecule has 2 aliphatic carbocycles. The number of nitrogens with two attached hydrogens (primary N) is 3. The van der Waals surface area contributed by atoms with E-state index >= 15 is 0 Å². The molecule has 0 radical (unpaired) electrons. The summed E-state index contributed by atoms with van der Waals surface area (Å²) < 4.78 is 18.5. The fourth-order valence-electron chi connectivity index (χ4n) is 9.80. The molecular weight excluding hydrogens is 813 g/mol. The summed E-state index contributed by atoms with van der Waals surface area (Å²) >= 11 is 0. The van der Waals surface area contributed by atoms with Crippen molar-refractivity contribution in [3.8, 4) is 34.4 Å². The van der Waals surface area contributed by atoms with Gasteiger partial charge in [-0.1, -0.05) is 25.5 Å². The number of likely N-dealkylation sites (N-methyl/N-ethyl adjacent to an activating group) is 1. The zero-order chi connectivity index (χ0) is 45.9. The molecular formula is C50H64N6O8. The van der Waals surface area contributed by atoms with E-state index in [1.807, 2.05) is 31.2 Å². The lowest BCUT2D eigenvalue weighted by atomic mass is 9.88.